The van der Waals surface area contributed by atoms with E-state index in [4.69, 9.17) is 23.7 Å². The minimum absolute atomic E-state index is 0.0328. The molecule has 3 aromatic rings. The standard InChI is InChI=1S/C38H49FN6O9/c1-20-25(18-41-31-30(20)45(12-13-50-31)35(49)54-38(8,9)10)24-14-21-15-27(40-19-26(21)29(28(24)39)43-33(47)52-36(2,3)4)42-32(46)51-23-16-22(17-23)44(11)34(48)53-37(5,6)7/h14-15,18-19,22-23H,12-13,16-17H2,1-11H3,(H,43,47)(H,40,42,46)/t22-,23-. The minimum Gasteiger partial charge on any atom is -0.474 e. The number of hydrogen-bond acceptors (Lipinski definition) is 11. The summed E-state index contributed by atoms with van der Waals surface area (Å²) in [6.07, 6.45) is 0.442. The van der Waals surface area contributed by atoms with Gasteiger partial charge in [-0.2, -0.15) is 0 Å². The van der Waals surface area contributed by atoms with Crippen LogP contribution in [0.2, 0.25) is 0 Å². The van der Waals surface area contributed by atoms with Crippen LogP contribution in [0, 0.1) is 12.7 Å². The number of amides is 4. The molecule has 0 saturated heterocycles. The molecular formula is C38H49FN6O9. The van der Waals surface area contributed by atoms with Crippen LogP contribution in [0.1, 0.15) is 80.7 Å². The molecule has 0 unspecified atom stereocenters. The summed E-state index contributed by atoms with van der Waals surface area (Å²) in [7, 11) is 1.64. The fourth-order valence-electron chi connectivity index (χ4n) is 5.89. The molecule has 5 rings (SSSR count). The van der Waals surface area contributed by atoms with Crippen molar-refractivity contribution in [3.63, 3.8) is 0 Å². The first-order valence-electron chi connectivity index (χ1n) is 17.7. The maximum atomic E-state index is 16.7. The fourth-order valence-corrected chi connectivity index (χ4v) is 5.89. The summed E-state index contributed by atoms with van der Waals surface area (Å²) >= 11 is 0. The Hall–Kier alpha value is -5.41. The zero-order chi connectivity index (χ0) is 39.9. The molecule has 0 atom stereocenters. The van der Waals surface area contributed by atoms with Gasteiger partial charge in [-0.05, 0) is 92.3 Å². The molecule has 1 aliphatic heterocycles. The Balaban J connectivity index is 1.45. The lowest BCUT2D eigenvalue weighted by atomic mass is 9.88. The molecule has 1 fully saturated rings. The number of pyridine rings is 2. The van der Waals surface area contributed by atoms with Crippen molar-refractivity contribution >= 4 is 52.3 Å². The van der Waals surface area contributed by atoms with Crippen LogP contribution in [0.15, 0.2) is 24.5 Å². The third-order valence-electron chi connectivity index (χ3n) is 8.39. The number of halogens is 1. The van der Waals surface area contributed by atoms with E-state index >= 15 is 4.39 Å². The van der Waals surface area contributed by atoms with Gasteiger partial charge in [0.15, 0.2) is 5.82 Å². The van der Waals surface area contributed by atoms with Crippen LogP contribution in [0.5, 0.6) is 5.88 Å². The predicted molar refractivity (Wildman–Crippen MR) is 200 cm³/mol. The van der Waals surface area contributed by atoms with Crippen LogP contribution >= 0.6 is 0 Å². The fraction of sp³-hybridized carbons (Fsp3) is 0.526. The van der Waals surface area contributed by atoms with E-state index in [0.29, 0.717) is 35.0 Å². The molecule has 2 N–H and O–H groups in total. The maximum absolute atomic E-state index is 16.7. The van der Waals surface area contributed by atoms with Crippen LogP contribution in [0.4, 0.5) is 40.8 Å². The number of nitrogens with zero attached hydrogens (tertiary/aromatic N) is 4. The monoisotopic (exact) mass is 752 g/mol. The van der Waals surface area contributed by atoms with Gasteiger partial charge in [-0.15, -0.1) is 0 Å². The average molecular weight is 753 g/mol. The van der Waals surface area contributed by atoms with Crippen molar-refractivity contribution in [1.29, 1.82) is 0 Å². The van der Waals surface area contributed by atoms with Crippen LogP contribution in [0.3, 0.4) is 0 Å². The highest BCUT2D eigenvalue weighted by molar-refractivity contribution is 6.05. The van der Waals surface area contributed by atoms with Crippen LogP contribution in [0.25, 0.3) is 21.9 Å². The van der Waals surface area contributed by atoms with Crippen molar-refractivity contribution in [1.82, 2.24) is 14.9 Å². The Kier molecular flexibility index (Phi) is 10.9. The molecule has 54 heavy (non-hydrogen) atoms. The van der Waals surface area contributed by atoms with Gasteiger partial charge in [0.2, 0.25) is 5.88 Å². The number of nitrogens with one attached hydrogen (secondary N) is 2. The number of fused-ring (bicyclic) bond motifs is 2. The van der Waals surface area contributed by atoms with Gasteiger partial charge in [-0.25, -0.2) is 33.5 Å². The number of rotatable bonds is 5. The van der Waals surface area contributed by atoms with Crippen molar-refractivity contribution in [2.24, 2.45) is 0 Å². The molecule has 292 valence electrons. The molecule has 0 radical (unpaired) electrons. The Morgan fingerprint density at radius 1 is 0.870 bits per heavy atom. The molecule has 16 heteroatoms. The number of hydrogen-bond donors (Lipinski definition) is 2. The molecule has 2 aliphatic rings. The highest BCUT2D eigenvalue weighted by Crippen LogP contribution is 2.43. The van der Waals surface area contributed by atoms with Gasteiger partial charge >= 0.3 is 24.4 Å². The van der Waals surface area contributed by atoms with E-state index in [9.17, 15) is 19.2 Å². The van der Waals surface area contributed by atoms with E-state index in [2.05, 4.69) is 20.6 Å². The SMILES string of the molecule is Cc1c(-c2cc3cc(NC(=O)O[C@H]4C[C@H](N(C)C(=O)OC(C)(C)C)C4)ncc3c(NC(=O)OC(C)(C)C)c2F)cnc2c1N(C(=O)OC(C)(C)C)CCO2. The lowest BCUT2D eigenvalue weighted by Crippen LogP contribution is -2.50. The summed E-state index contributed by atoms with van der Waals surface area (Å²) in [6, 6.07) is 2.89. The van der Waals surface area contributed by atoms with E-state index in [1.807, 2.05) is 0 Å². The predicted octanol–water partition coefficient (Wildman–Crippen LogP) is 8.17. The minimum atomic E-state index is -0.897. The lowest BCUT2D eigenvalue weighted by molar-refractivity contribution is -0.0195. The molecule has 4 amide bonds. The van der Waals surface area contributed by atoms with Crippen LogP contribution in [-0.4, -0.2) is 88.4 Å². The third-order valence-corrected chi connectivity index (χ3v) is 8.39. The molecule has 0 bridgehead atoms. The number of anilines is 3. The highest BCUT2D eigenvalue weighted by Gasteiger charge is 2.38. The first-order valence-corrected chi connectivity index (χ1v) is 17.7. The van der Waals surface area contributed by atoms with Gasteiger partial charge < -0.3 is 28.6 Å². The van der Waals surface area contributed by atoms with Crippen molar-refractivity contribution in [3.05, 3.63) is 35.9 Å². The van der Waals surface area contributed by atoms with Crippen molar-refractivity contribution < 1.29 is 47.3 Å². The Morgan fingerprint density at radius 3 is 2.15 bits per heavy atom. The molecule has 1 saturated carbocycles. The highest BCUT2D eigenvalue weighted by atomic mass is 19.1. The molecule has 2 aromatic heterocycles. The normalized spacial score (nSPS) is 17.0. The van der Waals surface area contributed by atoms with E-state index < -0.39 is 53.1 Å². The Bertz CT molecular complexity index is 1960. The maximum Gasteiger partial charge on any atom is 0.415 e. The van der Waals surface area contributed by atoms with Crippen molar-refractivity contribution in [2.45, 2.75) is 111 Å². The van der Waals surface area contributed by atoms with Gasteiger partial charge in [0.05, 0.1) is 12.2 Å². The van der Waals surface area contributed by atoms with Gasteiger partial charge in [-0.1, -0.05) is 0 Å². The number of ether oxygens (including phenoxy) is 5. The first kappa shape index (κ1) is 39.8. The number of carbonyl (C=O) groups is 4. The van der Waals surface area contributed by atoms with Crippen LogP contribution < -0.4 is 20.3 Å². The molecule has 3 heterocycles. The van der Waals surface area contributed by atoms with Gasteiger partial charge in [-0.3, -0.25) is 15.5 Å². The summed E-state index contributed by atoms with van der Waals surface area (Å²) < 4.78 is 44.5. The summed E-state index contributed by atoms with van der Waals surface area (Å²) in [4.78, 5) is 63.2. The zero-order valence-corrected chi connectivity index (χ0v) is 32.6. The van der Waals surface area contributed by atoms with Gasteiger partial charge in [0, 0.05) is 54.8 Å². The summed E-state index contributed by atoms with van der Waals surface area (Å²) in [5.74, 6) is -0.526. The zero-order valence-electron chi connectivity index (χ0n) is 32.6. The first-order chi connectivity index (χ1) is 25.0. The van der Waals surface area contributed by atoms with Gasteiger partial charge in [0.1, 0.15) is 41.0 Å². The Morgan fingerprint density at radius 2 is 1.52 bits per heavy atom. The molecule has 15 nitrogen and oxygen atoms in total. The molecule has 0 spiro atoms. The molecular weight excluding hydrogens is 703 g/mol. The topological polar surface area (TPSA) is 171 Å². The molecule has 1 aromatic carbocycles. The van der Waals surface area contributed by atoms with Crippen molar-refractivity contribution in [3.8, 4) is 17.0 Å². The quantitative estimate of drug-likeness (QED) is 0.241. The van der Waals surface area contributed by atoms with E-state index in [0.717, 1.165) is 0 Å². The largest absolute Gasteiger partial charge is 0.474 e. The van der Waals surface area contributed by atoms with E-state index in [1.54, 1.807) is 76.3 Å². The van der Waals surface area contributed by atoms with E-state index in [1.165, 1.54) is 34.3 Å². The summed E-state index contributed by atoms with van der Waals surface area (Å²) in [5, 5.41) is 5.76. The second kappa shape index (κ2) is 14.8. The summed E-state index contributed by atoms with van der Waals surface area (Å²) in [6.45, 7) is 17.7. The van der Waals surface area contributed by atoms with Crippen molar-refractivity contribution in [2.75, 3.05) is 35.7 Å². The molecule has 1 aliphatic carbocycles. The summed E-state index contributed by atoms with van der Waals surface area (Å²) in [5.41, 5.74) is -1.36. The number of carbonyl (C=O) groups excluding carboxylic acids is 4. The number of benzene rings is 1. The Labute approximate surface area is 313 Å². The second-order valence-electron chi connectivity index (χ2n) is 16.3. The average Bonchev–Trinajstić information content (AvgIpc) is 3.01. The second-order valence-corrected chi connectivity index (χ2v) is 16.3. The lowest BCUT2D eigenvalue weighted by Gasteiger charge is -2.40. The smallest absolute Gasteiger partial charge is 0.415 e. The van der Waals surface area contributed by atoms with Gasteiger partial charge in [0.25, 0.3) is 0 Å². The third kappa shape index (κ3) is 9.38. The van der Waals surface area contributed by atoms with Crippen LogP contribution in [-0.2, 0) is 18.9 Å². The number of aromatic nitrogens is 2. The van der Waals surface area contributed by atoms with E-state index in [-0.39, 0.29) is 47.5 Å².